The van der Waals surface area contributed by atoms with E-state index in [0.29, 0.717) is 31.2 Å². The van der Waals surface area contributed by atoms with Crippen molar-refractivity contribution in [2.45, 2.75) is 12.6 Å². The van der Waals surface area contributed by atoms with Crippen LogP contribution in [0.3, 0.4) is 0 Å². The van der Waals surface area contributed by atoms with Gasteiger partial charge in [-0.05, 0) is 24.3 Å². The highest BCUT2D eigenvalue weighted by Crippen LogP contribution is 2.23. The first-order valence-electron chi connectivity index (χ1n) is 7.46. The number of rotatable bonds is 5. The smallest absolute Gasteiger partial charge is 0.250 e. The molecular formula is C16H19N3O4. The summed E-state index contributed by atoms with van der Waals surface area (Å²) in [5.74, 6) is 1.28. The van der Waals surface area contributed by atoms with Crippen LogP contribution in [0.15, 0.2) is 34.9 Å². The van der Waals surface area contributed by atoms with Crippen LogP contribution in [-0.4, -0.2) is 44.0 Å². The minimum absolute atomic E-state index is 0.147. The van der Waals surface area contributed by atoms with Crippen LogP contribution in [0.25, 0.3) is 11.3 Å². The highest BCUT2D eigenvalue weighted by molar-refractivity contribution is 5.81. The van der Waals surface area contributed by atoms with Crippen molar-refractivity contribution in [1.29, 1.82) is 0 Å². The van der Waals surface area contributed by atoms with Crippen LogP contribution in [-0.2, 0) is 16.1 Å². The van der Waals surface area contributed by atoms with Gasteiger partial charge in [-0.25, -0.2) is 0 Å². The summed E-state index contributed by atoms with van der Waals surface area (Å²) in [6.07, 6.45) is -0.447. The largest absolute Gasteiger partial charge is 0.497 e. The first kappa shape index (κ1) is 15.5. The third-order valence-electron chi connectivity index (χ3n) is 3.60. The third kappa shape index (κ3) is 3.88. The molecule has 7 nitrogen and oxygen atoms in total. The Morgan fingerprint density at radius 3 is 2.96 bits per heavy atom. The molecule has 2 N–H and O–H groups in total. The summed E-state index contributed by atoms with van der Waals surface area (Å²) >= 11 is 0. The van der Waals surface area contributed by atoms with E-state index in [1.807, 2.05) is 30.3 Å². The lowest BCUT2D eigenvalue weighted by molar-refractivity contribution is -0.134. The normalized spacial score (nSPS) is 17.7. The Labute approximate surface area is 133 Å². The van der Waals surface area contributed by atoms with Gasteiger partial charge >= 0.3 is 0 Å². The number of aromatic nitrogens is 1. The van der Waals surface area contributed by atoms with E-state index in [1.165, 1.54) is 0 Å². The average Bonchev–Trinajstić information content (AvgIpc) is 3.09. The number of hydrogen-bond donors (Lipinski definition) is 2. The van der Waals surface area contributed by atoms with E-state index in [1.54, 1.807) is 7.11 Å². The summed E-state index contributed by atoms with van der Waals surface area (Å²) in [4.78, 5) is 12.0. The molecule has 1 fully saturated rings. The topological polar surface area (TPSA) is 85.6 Å². The molecule has 0 bridgehead atoms. The number of nitrogens with one attached hydrogen (secondary N) is 2. The Morgan fingerprint density at radius 2 is 2.26 bits per heavy atom. The third-order valence-corrected chi connectivity index (χ3v) is 3.60. The van der Waals surface area contributed by atoms with Crippen molar-refractivity contribution in [3.8, 4) is 17.1 Å². The zero-order valence-corrected chi connectivity index (χ0v) is 12.9. The van der Waals surface area contributed by atoms with Gasteiger partial charge in [0.25, 0.3) is 5.91 Å². The van der Waals surface area contributed by atoms with E-state index in [-0.39, 0.29) is 5.91 Å². The Kier molecular flexibility index (Phi) is 4.89. The second-order valence-corrected chi connectivity index (χ2v) is 5.19. The average molecular weight is 317 g/mol. The molecule has 1 aliphatic heterocycles. The second kappa shape index (κ2) is 7.26. The molecule has 2 heterocycles. The molecule has 3 rings (SSSR count). The Balaban J connectivity index is 1.57. The van der Waals surface area contributed by atoms with Gasteiger partial charge in [0.1, 0.15) is 17.5 Å². The van der Waals surface area contributed by atoms with Crippen molar-refractivity contribution in [3.63, 3.8) is 0 Å². The molecule has 0 spiro atoms. The Morgan fingerprint density at radius 1 is 1.43 bits per heavy atom. The molecule has 1 atom stereocenters. The second-order valence-electron chi connectivity index (χ2n) is 5.19. The summed E-state index contributed by atoms with van der Waals surface area (Å²) in [5.41, 5.74) is 1.56. The predicted molar refractivity (Wildman–Crippen MR) is 82.9 cm³/mol. The number of morpholine rings is 1. The number of amides is 1. The summed E-state index contributed by atoms with van der Waals surface area (Å²) in [6, 6.07) is 9.30. The molecule has 23 heavy (non-hydrogen) atoms. The van der Waals surface area contributed by atoms with Gasteiger partial charge in [0.2, 0.25) is 0 Å². The van der Waals surface area contributed by atoms with Crippen LogP contribution in [0, 0.1) is 0 Å². The van der Waals surface area contributed by atoms with Crippen LogP contribution in [0.4, 0.5) is 0 Å². The van der Waals surface area contributed by atoms with Crippen molar-refractivity contribution in [2.75, 3.05) is 26.8 Å². The summed E-state index contributed by atoms with van der Waals surface area (Å²) in [5, 5.41) is 9.90. The number of ether oxygens (including phenoxy) is 2. The van der Waals surface area contributed by atoms with E-state index in [9.17, 15) is 4.79 Å². The van der Waals surface area contributed by atoms with Crippen LogP contribution in [0.1, 0.15) is 5.69 Å². The highest BCUT2D eigenvalue weighted by Gasteiger charge is 2.21. The van der Waals surface area contributed by atoms with Crippen LogP contribution in [0.2, 0.25) is 0 Å². The number of nitrogens with zero attached hydrogens (tertiary/aromatic N) is 1. The number of carbonyl (C=O) groups is 1. The molecule has 1 aromatic heterocycles. The van der Waals surface area contributed by atoms with Crippen molar-refractivity contribution in [3.05, 3.63) is 36.0 Å². The standard InChI is InChI=1S/C16H19N3O4/c1-21-13-4-2-11(3-5-13)14-8-12(19-23-14)9-18-16(20)15-10-17-6-7-22-15/h2-5,8,15,17H,6-7,9-10H2,1H3,(H,18,20)/t15-/m0/s1. The van der Waals surface area contributed by atoms with E-state index in [0.717, 1.165) is 17.9 Å². The molecule has 2 aromatic rings. The minimum Gasteiger partial charge on any atom is -0.497 e. The molecule has 1 amide bonds. The van der Waals surface area contributed by atoms with Gasteiger partial charge in [-0.15, -0.1) is 0 Å². The highest BCUT2D eigenvalue weighted by atomic mass is 16.5. The van der Waals surface area contributed by atoms with E-state index >= 15 is 0 Å². The van der Waals surface area contributed by atoms with E-state index in [4.69, 9.17) is 14.0 Å². The fourth-order valence-electron chi connectivity index (χ4n) is 2.31. The maximum atomic E-state index is 12.0. The molecular weight excluding hydrogens is 298 g/mol. The molecule has 7 heteroatoms. The zero-order chi connectivity index (χ0) is 16.1. The lowest BCUT2D eigenvalue weighted by Crippen LogP contribution is -2.47. The lowest BCUT2D eigenvalue weighted by atomic mass is 10.1. The predicted octanol–water partition coefficient (Wildman–Crippen LogP) is 0.955. The Hall–Kier alpha value is -2.38. The van der Waals surface area contributed by atoms with Crippen molar-refractivity contribution < 1.29 is 18.8 Å². The van der Waals surface area contributed by atoms with Crippen molar-refractivity contribution in [2.24, 2.45) is 0 Å². The number of benzene rings is 1. The van der Waals surface area contributed by atoms with Crippen molar-refractivity contribution in [1.82, 2.24) is 15.8 Å². The van der Waals surface area contributed by atoms with E-state index < -0.39 is 6.10 Å². The minimum atomic E-state index is -0.447. The number of carbonyl (C=O) groups excluding carboxylic acids is 1. The van der Waals surface area contributed by atoms with Crippen LogP contribution >= 0.6 is 0 Å². The number of hydrogen-bond acceptors (Lipinski definition) is 6. The van der Waals surface area contributed by atoms with Crippen LogP contribution in [0.5, 0.6) is 5.75 Å². The first-order chi connectivity index (χ1) is 11.3. The molecule has 0 aliphatic carbocycles. The summed E-state index contributed by atoms with van der Waals surface area (Å²) in [6.45, 7) is 2.15. The van der Waals surface area contributed by atoms with Gasteiger partial charge in [0, 0.05) is 24.7 Å². The maximum absolute atomic E-state index is 12.0. The van der Waals surface area contributed by atoms with Gasteiger partial charge in [-0.1, -0.05) is 5.16 Å². The Bertz CT molecular complexity index is 648. The fourth-order valence-corrected chi connectivity index (χ4v) is 2.31. The van der Waals surface area contributed by atoms with Gasteiger partial charge in [-0.3, -0.25) is 4.79 Å². The van der Waals surface area contributed by atoms with Gasteiger partial charge in [-0.2, -0.15) is 0 Å². The van der Waals surface area contributed by atoms with Crippen molar-refractivity contribution >= 4 is 5.91 Å². The molecule has 0 saturated carbocycles. The van der Waals surface area contributed by atoms with Gasteiger partial charge in [0.15, 0.2) is 5.76 Å². The van der Waals surface area contributed by atoms with E-state index in [2.05, 4.69) is 15.8 Å². The van der Waals surface area contributed by atoms with Crippen LogP contribution < -0.4 is 15.4 Å². The number of methoxy groups -OCH3 is 1. The monoisotopic (exact) mass is 317 g/mol. The quantitative estimate of drug-likeness (QED) is 0.854. The molecule has 0 unspecified atom stereocenters. The van der Waals surface area contributed by atoms with Gasteiger partial charge in [0.05, 0.1) is 20.3 Å². The fraction of sp³-hybridized carbons (Fsp3) is 0.375. The zero-order valence-electron chi connectivity index (χ0n) is 12.9. The molecule has 1 saturated heterocycles. The molecule has 122 valence electrons. The lowest BCUT2D eigenvalue weighted by Gasteiger charge is -2.22. The summed E-state index contributed by atoms with van der Waals surface area (Å²) in [7, 11) is 1.62. The molecule has 1 aliphatic rings. The maximum Gasteiger partial charge on any atom is 0.250 e. The summed E-state index contributed by atoms with van der Waals surface area (Å²) < 4.78 is 15.8. The van der Waals surface area contributed by atoms with Gasteiger partial charge < -0.3 is 24.6 Å². The molecule has 0 radical (unpaired) electrons. The first-order valence-corrected chi connectivity index (χ1v) is 7.46. The molecule has 1 aromatic carbocycles. The SMILES string of the molecule is COc1ccc(-c2cc(CNC(=O)[C@@H]3CNCCO3)no2)cc1.